The van der Waals surface area contributed by atoms with Gasteiger partial charge in [-0.25, -0.2) is 0 Å². The van der Waals surface area contributed by atoms with Gasteiger partial charge in [-0.3, -0.25) is 0 Å². The zero-order valence-electron chi connectivity index (χ0n) is 12.2. The smallest absolute Gasteiger partial charge is 0.396 e. The van der Waals surface area contributed by atoms with Gasteiger partial charge in [-0.2, -0.15) is 57.1 Å². The van der Waals surface area contributed by atoms with Gasteiger partial charge in [-0.1, -0.05) is 0 Å². The molecule has 0 aromatic heterocycles. The van der Waals surface area contributed by atoms with Crippen LogP contribution in [0.3, 0.4) is 0 Å². The first-order valence-corrected chi connectivity index (χ1v) is 6.45. The second-order valence-corrected chi connectivity index (χ2v) is 5.20. The molecule has 0 aliphatic carbocycles. The largest absolute Gasteiger partial charge is 0.460 e. The van der Waals surface area contributed by atoms with Gasteiger partial charge in [0.1, 0.15) is 0 Å². The molecule has 0 spiro atoms. The summed E-state index contributed by atoms with van der Waals surface area (Å²) in [5.41, 5.74) is 0. The topological polar surface area (TPSA) is 40.5 Å². The van der Waals surface area contributed by atoms with Gasteiger partial charge in [0.25, 0.3) is 0 Å². The first kappa shape index (κ1) is 25.0. The number of halogens is 13. The molecule has 2 nitrogen and oxygen atoms in total. The molecule has 26 heavy (non-hydrogen) atoms. The normalized spacial score (nSPS) is 16.7. The van der Waals surface area contributed by atoms with Crippen molar-refractivity contribution in [3.8, 4) is 0 Å². The van der Waals surface area contributed by atoms with Crippen LogP contribution >= 0.6 is 0 Å². The summed E-state index contributed by atoms with van der Waals surface area (Å²) in [4.78, 5) is 0. The molecule has 0 saturated carbocycles. The molecule has 0 aromatic carbocycles. The molecule has 158 valence electrons. The van der Waals surface area contributed by atoms with Crippen molar-refractivity contribution < 1.29 is 67.3 Å². The van der Waals surface area contributed by atoms with Crippen molar-refractivity contribution in [1.82, 2.24) is 0 Å². The van der Waals surface area contributed by atoms with Crippen LogP contribution in [-0.2, 0) is 0 Å². The molecule has 2 N–H and O–H groups in total. The molecule has 0 aromatic rings. The molecule has 15 heteroatoms. The van der Waals surface area contributed by atoms with Gasteiger partial charge in [0.05, 0.1) is 6.10 Å². The van der Waals surface area contributed by atoms with Crippen LogP contribution in [0.4, 0.5) is 57.1 Å². The standard InChI is InChI=1S/C11H11F13O2/c12-6(13,3-1-5(26)2-4-25)7(14,15)8(16,17)9(18,19)10(20,21)11(22,23)24/h5,25-26H,1-4H2. The summed E-state index contributed by atoms with van der Waals surface area (Å²) in [7, 11) is 0. The van der Waals surface area contributed by atoms with Gasteiger partial charge < -0.3 is 10.2 Å². The Kier molecular flexibility index (Phi) is 6.93. The van der Waals surface area contributed by atoms with Crippen molar-refractivity contribution in [3.63, 3.8) is 0 Å². The van der Waals surface area contributed by atoms with E-state index in [1.165, 1.54) is 0 Å². The molecule has 0 aliphatic rings. The van der Waals surface area contributed by atoms with Crippen LogP contribution in [0.25, 0.3) is 0 Å². The number of alkyl halides is 13. The maximum absolute atomic E-state index is 13.2. The zero-order valence-corrected chi connectivity index (χ0v) is 12.2. The molecule has 0 saturated heterocycles. The lowest BCUT2D eigenvalue weighted by Gasteiger charge is -2.39. The van der Waals surface area contributed by atoms with E-state index >= 15 is 0 Å². The van der Waals surface area contributed by atoms with Crippen molar-refractivity contribution in [3.05, 3.63) is 0 Å². The number of aliphatic hydroxyl groups is 2. The average Bonchev–Trinajstić information content (AvgIpc) is 2.43. The second kappa shape index (κ2) is 7.20. The van der Waals surface area contributed by atoms with Crippen molar-refractivity contribution in [2.75, 3.05) is 6.61 Å². The molecular formula is C11H11F13O2. The summed E-state index contributed by atoms with van der Waals surface area (Å²) < 4.78 is 166. The number of rotatable bonds is 9. The molecule has 0 bridgehead atoms. The van der Waals surface area contributed by atoms with E-state index in [9.17, 15) is 57.1 Å². The molecule has 0 heterocycles. The van der Waals surface area contributed by atoms with Crippen LogP contribution in [0.2, 0.25) is 0 Å². The Balaban J connectivity index is 5.85. The minimum Gasteiger partial charge on any atom is -0.396 e. The lowest BCUT2D eigenvalue weighted by molar-refractivity contribution is -0.440. The highest BCUT2D eigenvalue weighted by atomic mass is 19.4. The SMILES string of the molecule is OCCC(O)CCC(F)(F)C(F)(F)C(F)(F)C(F)(F)C(F)(F)C(F)(F)F. The van der Waals surface area contributed by atoms with E-state index in [-0.39, 0.29) is 0 Å². The summed E-state index contributed by atoms with van der Waals surface area (Å²) in [5.74, 6) is -37.0. The minimum absolute atomic E-state index is 0.708. The van der Waals surface area contributed by atoms with Crippen molar-refractivity contribution in [1.29, 1.82) is 0 Å². The summed E-state index contributed by atoms with van der Waals surface area (Å²) in [6.07, 6.45) is -14.1. The highest BCUT2D eigenvalue weighted by Crippen LogP contribution is 2.60. The third-order valence-electron chi connectivity index (χ3n) is 3.25. The van der Waals surface area contributed by atoms with Gasteiger partial charge in [-0.05, 0) is 12.8 Å². The summed E-state index contributed by atoms with van der Waals surface area (Å²) >= 11 is 0. The van der Waals surface area contributed by atoms with Crippen LogP contribution < -0.4 is 0 Å². The lowest BCUT2D eigenvalue weighted by atomic mass is 9.91. The van der Waals surface area contributed by atoms with E-state index in [0.29, 0.717) is 0 Å². The Bertz CT molecular complexity index is 471. The fourth-order valence-electron chi connectivity index (χ4n) is 1.60. The third kappa shape index (κ3) is 3.97. The monoisotopic (exact) mass is 422 g/mol. The second-order valence-electron chi connectivity index (χ2n) is 5.20. The van der Waals surface area contributed by atoms with Crippen molar-refractivity contribution in [2.45, 2.75) is 61.2 Å². The van der Waals surface area contributed by atoms with Gasteiger partial charge in [0.2, 0.25) is 0 Å². The van der Waals surface area contributed by atoms with Gasteiger partial charge in [-0.15, -0.1) is 0 Å². The van der Waals surface area contributed by atoms with E-state index < -0.39 is 67.8 Å². The van der Waals surface area contributed by atoms with E-state index in [0.717, 1.165) is 0 Å². The lowest BCUT2D eigenvalue weighted by Crippen LogP contribution is -2.70. The average molecular weight is 422 g/mol. The van der Waals surface area contributed by atoms with Crippen LogP contribution in [-0.4, -0.2) is 58.7 Å². The molecule has 0 aliphatic heterocycles. The fourth-order valence-corrected chi connectivity index (χ4v) is 1.60. The van der Waals surface area contributed by atoms with E-state index in [1.54, 1.807) is 0 Å². The Hall–Kier alpha value is -0.990. The molecule has 0 fully saturated rings. The fraction of sp³-hybridized carbons (Fsp3) is 1.00. The quantitative estimate of drug-likeness (QED) is 0.546. The van der Waals surface area contributed by atoms with Crippen LogP contribution in [0.5, 0.6) is 0 Å². The Labute approximate surface area is 136 Å². The highest BCUT2D eigenvalue weighted by molar-refractivity contribution is 5.10. The predicted molar refractivity (Wildman–Crippen MR) is 57.7 cm³/mol. The Morgan fingerprint density at radius 2 is 0.962 bits per heavy atom. The minimum atomic E-state index is -7.92. The molecule has 0 rings (SSSR count). The number of aliphatic hydroxyl groups excluding tert-OH is 2. The van der Waals surface area contributed by atoms with E-state index in [4.69, 9.17) is 10.2 Å². The number of hydrogen-bond acceptors (Lipinski definition) is 2. The van der Waals surface area contributed by atoms with Crippen LogP contribution in [0.1, 0.15) is 19.3 Å². The Morgan fingerprint density at radius 1 is 0.577 bits per heavy atom. The molecule has 0 radical (unpaired) electrons. The Morgan fingerprint density at radius 3 is 1.31 bits per heavy atom. The summed E-state index contributed by atoms with van der Waals surface area (Å²) in [6, 6.07) is 0. The third-order valence-corrected chi connectivity index (χ3v) is 3.25. The summed E-state index contributed by atoms with van der Waals surface area (Å²) in [5, 5.41) is 17.3. The van der Waals surface area contributed by atoms with E-state index in [1.807, 2.05) is 0 Å². The van der Waals surface area contributed by atoms with E-state index in [2.05, 4.69) is 0 Å². The van der Waals surface area contributed by atoms with Crippen molar-refractivity contribution in [2.24, 2.45) is 0 Å². The summed E-state index contributed by atoms with van der Waals surface area (Å²) in [6.45, 7) is -0.866. The van der Waals surface area contributed by atoms with Gasteiger partial charge in [0.15, 0.2) is 0 Å². The first-order chi connectivity index (χ1) is 11.2. The maximum Gasteiger partial charge on any atom is 0.460 e. The van der Waals surface area contributed by atoms with Gasteiger partial charge in [0, 0.05) is 13.0 Å². The van der Waals surface area contributed by atoms with Crippen LogP contribution in [0.15, 0.2) is 0 Å². The maximum atomic E-state index is 13.2. The van der Waals surface area contributed by atoms with Crippen LogP contribution in [0, 0.1) is 0 Å². The van der Waals surface area contributed by atoms with Gasteiger partial charge >= 0.3 is 35.8 Å². The highest BCUT2D eigenvalue weighted by Gasteiger charge is 2.90. The first-order valence-electron chi connectivity index (χ1n) is 6.45. The molecule has 1 atom stereocenters. The zero-order chi connectivity index (χ0) is 21.4. The van der Waals surface area contributed by atoms with Crippen molar-refractivity contribution >= 4 is 0 Å². The molecule has 1 unspecified atom stereocenters. The molecule has 0 amide bonds. The number of hydrogen-bond donors (Lipinski definition) is 2. The molecular weight excluding hydrogens is 411 g/mol. The predicted octanol–water partition coefficient (Wildman–Crippen LogP) is 4.25.